The lowest BCUT2D eigenvalue weighted by Gasteiger charge is -2.24. The van der Waals surface area contributed by atoms with Crippen molar-refractivity contribution in [3.05, 3.63) is 28.2 Å². The monoisotopic (exact) mass is 326 g/mol. The molecule has 2 rings (SSSR count). The SMILES string of the molecule is COc1ccc(Br)cc1CNCC(C)N1CCCC1. The molecule has 106 valence electrons. The molecule has 19 heavy (non-hydrogen) atoms. The zero-order valence-corrected chi connectivity index (χ0v) is 13.4. The topological polar surface area (TPSA) is 24.5 Å². The van der Waals surface area contributed by atoms with Crippen molar-refractivity contribution in [1.29, 1.82) is 0 Å². The Labute approximate surface area is 124 Å². The lowest BCUT2D eigenvalue weighted by Crippen LogP contribution is -2.38. The molecule has 1 aliphatic heterocycles. The van der Waals surface area contributed by atoms with Crippen LogP contribution in [0.4, 0.5) is 0 Å². The van der Waals surface area contributed by atoms with Crippen LogP contribution in [-0.2, 0) is 6.54 Å². The molecule has 1 saturated heterocycles. The van der Waals surface area contributed by atoms with Gasteiger partial charge in [0.15, 0.2) is 0 Å². The van der Waals surface area contributed by atoms with Crippen LogP contribution in [0.15, 0.2) is 22.7 Å². The van der Waals surface area contributed by atoms with Gasteiger partial charge in [0.2, 0.25) is 0 Å². The van der Waals surface area contributed by atoms with E-state index in [-0.39, 0.29) is 0 Å². The molecule has 0 spiro atoms. The van der Waals surface area contributed by atoms with E-state index in [1.54, 1.807) is 7.11 Å². The first-order valence-electron chi connectivity index (χ1n) is 6.98. The Kier molecular flexibility index (Phi) is 5.67. The second-order valence-electron chi connectivity index (χ2n) is 5.18. The minimum Gasteiger partial charge on any atom is -0.496 e. The number of benzene rings is 1. The Morgan fingerprint density at radius 2 is 2.11 bits per heavy atom. The summed E-state index contributed by atoms with van der Waals surface area (Å²) < 4.78 is 6.48. The van der Waals surface area contributed by atoms with Gasteiger partial charge in [-0.1, -0.05) is 15.9 Å². The number of hydrogen-bond donors (Lipinski definition) is 1. The van der Waals surface area contributed by atoms with Crippen molar-refractivity contribution in [2.24, 2.45) is 0 Å². The Morgan fingerprint density at radius 3 is 2.79 bits per heavy atom. The van der Waals surface area contributed by atoms with Crippen molar-refractivity contribution >= 4 is 15.9 Å². The first-order valence-corrected chi connectivity index (χ1v) is 7.77. The van der Waals surface area contributed by atoms with Gasteiger partial charge in [0.25, 0.3) is 0 Å². The van der Waals surface area contributed by atoms with E-state index in [0.717, 1.165) is 23.3 Å². The second-order valence-corrected chi connectivity index (χ2v) is 6.09. The van der Waals surface area contributed by atoms with Crippen LogP contribution >= 0.6 is 15.9 Å². The summed E-state index contributed by atoms with van der Waals surface area (Å²) in [5.74, 6) is 0.949. The number of nitrogens with one attached hydrogen (secondary N) is 1. The molecule has 0 bridgehead atoms. The summed E-state index contributed by atoms with van der Waals surface area (Å²) in [5, 5.41) is 3.54. The van der Waals surface area contributed by atoms with E-state index in [1.807, 2.05) is 12.1 Å². The minimum atomic E-state index is 0.612. The summed E-state index contributed by atoms with van der Waals surface area (Å²) >= 11 is 3.51. The number of methoxy groups -OCH3 is 1. The zero-order chi connectivity index (χ0) is 13.7. The zero-order valence-electron chi connectivity index (χ0n) is 11.8. The predicted octanol–water partition coefficient (Wildman–Crippen LogP) is 3.03. The van der Waals surface area contributed by atoms with E-state index < -0.39 is 0 Å². The molecular weight excluding hydrogens is 304 g/mol. The van der Waals surface area contributed by atoms with Gasteiger partial charge in [0.1, 0.15) is 5.75 Å². The van der Waals surface area contributed by atoms with Crippen LogP contribution < -0.4 is 10.1 Å². The molecule has 1 fully saturated rings. The molecule has 0 radical (unpaired) electrons. The van der Waals surface area contributed by atoms with Crippen LogP contribution in [0.5, 0.6) is 5.75 Å². The molecule has 4 heteroatoms. The predicted molar refractivity (Wildman–Crippen MR) is 82.7 cm³/mol. The maximum Gasteiger partial charge on any atom is 0.123 e. The molecule has 3 nitrogen and oxygen atoms in total. The van der Waals surface area contributed by atoms with Crippen LogP contribution in [0.1, 0.15) is 25.3 Å². The third-order valence-corrected chi connectivity index (χ3v) is 4.25. The molecule has 1 N–H and O–H groups in total. The van der Waals surface area contributed by atoms with E-state index in [2.05, 4.69) is 39.1 Å². The molecule has 0 aromatic heterocycles. The summed E-state index contributed by atoms with van der Waals surface area (Å²) in [5.41, 5.74) is 1.20. The highest BCUT2D eigenvalue weighted by atomic mass is 79.9. The average Bonchev–Trinajstić information content (AvgIpc) is 2.93. The number of hydrogen-bond acceptors (Lipinski definition) is 3. The van der Waals surface area contributed by atoms with E-state index in [4.69, 9.17) is 4.74 Å². The van der Waals surface area contributed by atoms with Crippen LogP contribution in [0.25, 0.3) is 0 Å². The van der Waals surface area contributed by atoms with Gasteiger partial charge < -0.3 is 10.1 Å². The quantitative estimate of drug-likeness (QED) is 0.869. The molecule has 0 aliphatic carbocycles. The lowest BCUT2D eigenvalue weighted by atomic mass is 10.2. The molecule has 1 atom stereocenters. The van der Waals surface area contributed by atoms with Gasteiger partial charge in [0.05, 0.1) is 7.11 Å². The number of likely N-dealkylation sites (tertiary alicyclic amines) is 1. The van der Waals surface area contributed by atoms with E-state index in [0.29, 0.717) is 6.04 Å². The minimum absolute atomic E-state index is 0.612. The third-order valence-electron chi connectivity index (χ3n) is 3.76. The largest absolute Gasteiger partial charge is 0.496 e. The summed E-state index contributed by atoms with van der Waals surface area (Å²) in [6, 6.07) is 6.74. The Balaban J connectivity index is 1.83. The van der Waals surface area contributed by atoms with E-state index in [1.165, 1.54) is 31.5 Å². The van der Waals surface area contributed by atoms with Crippen molar-refractivity contribution in [2.75, 3.05) is 26.7 Å². The van der Waals surface area contributed by atoms with Crippen molar-refractivity contribution in [2.45, 2.75) is 32.4 Å². The first kappa shape index (κ1) is 14.8. The Hall–Kier alpha value is -0.580. The molecule has 1 aromatic rings. The van der Waals surface area contributed by atoms with Gasteiger partial charge in [-0.25, -0.2) is 0 Å². The summed E-state index contributed by atoms with van der Waals surface area (Å²) in [4.78, 5) is 2.56. The molecule has 1 aromatic carbocycles. The number of nitrogens with zero attached hydrogens (tertiary/aromatic N) is 1. The van der Waals surface area contributed by atoms with Crippen molar-refractivity contribution in [1.82, 2.24) is 10.2 Å². The average molecular weight is 327 g/mol. The van der Waals surface area contributed by atoms with Crippen molar-refractivity contribution in [3.8, 4) is 5.75 Å². The highest BCUT2D eigenvalue weighted by Crippen LogP contribution is 2.22. The summed E-state index contributed by atoms with van der Waals surface area (Å²) in [6.45, 7) is 6.68. The molecule has 0 saturated carbocycles. The normalized spacial score (nSPS) is 17.6. The maximum absolute atomic E-state index is 5.39. The fourth-order valence-corrected chi connectivity index (χ4v) is 3.02. The Bertz CT molecular complexity index is 405. The molecule has 1 heterocycles. The standard InChI is InChI=1S/C15H23BrN2O/c1-12(18-7-3-4-8-18)10-17-11-13-9-14(16)5-6-15(13)19-2/h5-6,9,12,17H,3-4,7-8,10-11H2,1-2H3. The molecular formula is C15H23BrN2O. The van der Waals surface area contributed by atoms with Crippen molar-refractivity contribution in [3.63, 3.8) is 0 Å². The second kappa shape index (κ2) is 7.27. The number of ether oxygens (including phenoxy) is 1. The van der Waals surface area contributed by atoms with Crippen LogP contribution in [-0.4, -0.2) is 37.7 Å². The highest BCUT2D eigenvalue weighted by molar-refractivity contribution is 9.10. The molecule has 1 unspecified atom stereocenters. The lowest BCUT2D eigenvalue weighted by molar-refractivity contribution is 0.251. The van der Waals surface area contributed by atoms with Crippen LogP contribution in [0.3, 0.4) is 0 Å². The van der Waals surface area contributed by atoms with Gasteiger partial charge >= 0.3 is 0 Å². The molecule has 1 aliphatic rings. The van der Waals surface area contributed by atoms with Crippen LogP contribution in [0, 0.1) is 0 Å². The third kappa shape index (κ3) is 4.20. The number of rotatable bonds is 6. The van der Waals surface area contributed by atoms with Gasteiger partial charge in [0, 0.05) is 29.2 Å². The maximum atomic E-state index is 5.39. The fourth-order valence-electron chi connectivity index (χ4n) is 2.61. The molecule has 0 amide bonds. The van der Waals surface area contributed by atoms with Crippen molar-refractivity contribution < 1.29 is 4.74 Å². The van der Waals surface area contributed by atoms with Gasteiger partial charge in [-0.05, 0) is 51.1 Å². The van der Waals surface area contributed by atoms with E-state index >= 15 is 0 Å². The van der Waals surface area contributed by atoms with Gasteiger partial charge in [-0.15, -0.1) is 0 Å². The smallest absolute Gasteiger partial charge is 0.123 e. The van der Waals surface area contributed by atoms with Gasteiger partial charge in [-0.2, -0.15) is 0 Å². The summed E-state index contributed by atoms with van der Waals surface area (Å²) in [6.07, 6.45) is 2.70. The van der Waals surface area contributed by atoms with E-state index in [9.17, 15) is 0 Å². The fraction of sp³-hybridized carbons (Fsp3) is 0.600. The number of halogens is 1. The van der Waals surface area contributed by atoms with Gasteiger partial charge in [-0.3, -0.25) is 4.90 Å². The first-order chi connectivity index (χ1) is 9.20. The highest BCUT2D eigenvalue weighted by Gasteiger charge is 2.17. The Morgan fingerprint density at radius 1 is 1.37 bits per heavy atom. The van der Waals surface area contributed by atoms with Crippen LogP contribution in [0.2, 0.25) is 0 Å². The summed E-state index contributed by atoms with van der Waals surface area (Å²) in [7, 11) is 1.72.